The van der Waals surface area contributed by atoms with E-state index in [1.165, 1.54) is 5.69 Å². The number of carbonyl (C=O) groups is 1. The molecule has 0 radical (unpaired) electrons. The third kappa shape index (κ3) is 5.57. The first-order valence-corrected chi connectivity index (χ1v) is 10.0. The minimum absolute atomic E-state index is 0.0541. The maximum atomic E-state index is 12.2. The molecule has 0 aliphatic rings. The van der Waals surface area contributed by atoms with Crippen molar-refractivity contribution in [3.8, 4) is 0 Å². The van der Waals surface area contributed by atoms with Crippen molar-refractivity contribution in [2.24, 2.45) is 0 Å². The number of amides is 1. The summed E-state index contributed by atoms with van der Waals surface area (Å²) in [6.07, 6.45) is 2.02. The van der Waals surface area contributed by atoms with Crippen molar-refractivity contribution in [3.63, 3.8) is 0 Å². The van der Waals surface area contributed by atoms with Gasteiger partial charge in [-0.25, -0.2) is 4.98 Å². The van der Waals surface area contributed by atoms with Crippen LogP contribution in [0.4, 0.5) is 22.9 Å². The Kier molecular flexibility index (Phi) is 6.85. The smallest absolute Gasteiger partial charge is 0.228 e. The zero-order chi connectivity index (χ0) is 20.6. The second kappa shape index (κ2) is 9.73. The molecule has 0 spiro atoms. The van der Waals surface area contributed by atoms with E-state index in [-0.39, 0.29) is 5.91 Å². The molecule has 150 valence electrons. The number of benzene rings is 2. The highest BCUT2D eigenvalue weighted by Crippen LogP contribution is 2.25. The summed E-state index contributed by atoms with van der Waals surface area (Å²) in [5.74, 6) is 0.686. The molecule has 0 aliphatic heterocycles. The Hall–Kier alpha value is -3.34. The molecule has 5 heteroatoms. The molecule has 0 unspecified atom stereocenters. The molecule has 2 N–H and O–H groups in total. The maximum Gasteiger partial charge on any atom is 0.228 e. The number of anilines is 4. The Morgan fingerprint density at radius 1 is 1.00 bits per heavy atom. The zero-order valence-electron chi connectivity index (χ0n) is 17.3. The molecule has 0 saturated heterocycles. The number of aromatic nitrogens is 1. The molecule has 29 heavy (non-hydrogen) atoms. The largest absolute Gasteiger partial charge is 0.372 e. The molecule has 0 bridgehead atoms. The van der Waals surface area contributed by atoms with E-state index in [0.717, 1.165) is 35.7 Å². The third-order valence-electron chi connectivity index (χ3n) is 4.86. The van der Waals surface area contributed by atoms with Crippen molar-refractivity contribution in [3.05, 3.63) is 78.0 Å². The summed E-state index contributed by atoms with van der Waals surface area (Å²) in [5, 5.41) is 6.24. The fraction of sp³-hybridized carbons (Fsp3) is 0.250. The quantitative estimate of drug-likeness (QED) is 0.559. The SMILES string of the molecule is CCN(CC)c1ccc(Nc2ccc(NC(=O)Cc3ccccc3)cn2)c(C)c1. The van der Waals surface area contributed by atoms with Crippen molar-refractivity contribution in [1.29, 1.82) is 0 Å². The molecule has 0 aliphatic carbocycles. The van der Waals surface area contributed by atoms with Crippen LogP contribution in [0, 0.1) is 6.92 Å². The van der Waals surface area contributed by atoms with Crippen LogP contribution in [0.2, 0.25) is 0 Å². The Morgan fingerprint density at radius 2 is 1.76 bits per heavy atom. The lowest BCUT2D eigenvalue weighted by molar-refractivity contribution is -0.115. The molecule has 1 aromatic heterocycles. The zero-order valence-corrected chi connectivity index (χ0v) is 17.3. The van der Waals surface area contributed by atoms with Crippen LogP contribution in [0.5, 0.6) is 0 Å². The van der Waals surface area contributed by atoms with Gasteiger partial charge >= 0.3 is 0 Å². The topological polar surface area (TPSA) is 57.3 Å². The molecule has 1 amide bonds. The van der Waals surface area contributed by atoms with Crippen LogP contribution < -0.4 is 15.5 Å². The van der Waals surface area contributed by atoms with Crippen molar-refractivity contribution in [2.75, 3.05) is 28.6 Å². The van der Waals surface area contributed by atoms with Crippen molar-refractivity contribution in [1.82, 2.24) is 4.98 Å². The van der Waals surface area contributed by atoms with Gasteiger partial charge < -0.3 is 15.5 Å². The first-order valence-electron chi connectivity index (χ1n) is 10.0. The highest BCUT2D eigenvalue weighted by Gasteiger charge is 2.07. The van der Waals surface area contributed by atoms with Crippen LogP contribution in [0.1, 0.15) is 25.0 Å². The monoisotopic (exact) mass is 388 g/mol. The standard InChI is InChI=1S/C24H28N4O/c1-4-28(5-2)21-12-13-22(18(3)15-21)27-23-14-11-20(17-25-23)26-24(29)16-19-9-7-6-8-10-19/h6-15,17H,4-5,16H2,1-3H3,(H,25,27)(H,26,29). The summed E-state index contributed by atoms with van der Waals surface area (Å²) >= 11 is 0. The van der Waals surface area contributed by atoms with Crippen molar-refractivity contribution in [2.45, 2.75) is 27.2 Å². The first-order chi connectivity index (χ1) is 14.1. The van der Waals surface area contributed by atoms with Gasteiger partial charge in [0.1, 0.15) is 5.82 Å². The van der Waals surface area contributed by atoms with Gasteiger partial charge in [0.05, 0.1) is 18.3 Å². The van der Waals surface area contributed by atoms with Crippen LogP contribution in [0.15, 0.2) is 66.9 Å². The van der Waals surface area contributed by atoms with Gasteiger partial charge in [-0.15, -0.1) is 0 Å². The van der Waals surface area contributed by atoms with Crippen molar-refractivity contribution < 1.29 is 4.79 Å². The summed E-state index contributed by atoms with van der Waals surface area (Å²) in [6.45, 7) is 8.39. The lowest BCUT2D eigenvalue weighted by Crippen LogP contribution is -2.21. The van der Waals surface area contributed by atoms with Gasteiger partial charge in [0.2, 0.25) is 5.91 Å². The Morgan fingerprint density at radius 3 is 2.38 bits per heavy atom. The van der Waals surface area contributed by atoms with Crippen LogP contribution >= 0.6 is 0 Å². The maximum absolute atomic E-state index is 12.2. The molecular weight excluding hydrogens is 360 g/mol. The van der Waals surface area contributed by atoms with Crippen LogP contribution in [-0.2, 0) is 11.2 Å². The number of hydrogen-bond acceptors (Lipinski definition) is 4. The summed E-state index contributed by atoms with van der Waals surface area (Å²) in [6, 6.07) is 19.8. The van der Waals surface area contributed by atoms with Gasteiger partial charge in [0, 0.05) is 24.5 Å². The lowest BCUT2D eigenvalue weighted by atomic mass is 10.1. The highest BCUT2D eigenvalue weighted by atomic mass is 16.1. The number of hydrogen-bond donors (Lipinski definition) is 2. The van der Waals surface area contributed by atoms with Gasteiger partial charge in [-0.05, 0) is 62.2 Å². The van der Waals surface area contributed by atoms with E-state index in [9.17, 15) is 4.79 Å². The minimum atomic E-state index is -0.0541. The van der Waals surface area contributed by atoms with Gasteiger partial charge in [0.15, 0.2) is 0 Å². The summed E-state index contributed by atoms with van der Waals surface area (Å²) < 4.78 is 0. The number of aryl methyl sites for hydroxylation is 1. The van der Waals surface area contributed by atoms with E-state index in [1.54, 1.807) is 6.20 Å². The van der Waals surface area contributed by atoms with Gasteiger partial charge in [-0.1, -0.05) is 30.3 Å². The van der Waals surface area contributed by atoms with E-state index in [2.05, 4.69) is 59.5 Å². The third-order valence-corrected chi connectivity index (χ3v) is 4.86. The number of nitrogens with zero attached hydrogens (tertiary/aromatic N) is 2. The summed E-state index contributed by atoms with van der Waals surface area (Å²) in [4.78, 5) is 18.9. The molecule has 1 heterocycles. The second-order valence-corrected chi connectivity index (χ2v) is 6.94. The summed E-state index contributed by atoms with van der Waals surface area (Å²) in [7, 11) is 0. The Balaban J connectivity index is 1.61. The van der Waals surface area contributed by atoms with Crippen LogP contribution in [-0.4, -0.2) is 24.0 Å². The van der Waals surface area contributed by atoms with Gasteiger partial charge in [-0.2, -0.15) is 0 Å². The predicted octanol–water partition coefficient (Wildman–Crippen LogP) is 5.16. The van der Waals surface area contributed by atoms with Crippen molar-refractivity contribution >= 4 is 28.8 Å². The van der Waals surface area contributed by atoms with Gasteiger partial charge in [-0.3, -0.25) is 4.79 Å². The fourth-order valence-electron chi connectivity index (χ4n) is 3.24. The predicted molar refractivity (Wildman–Crippen MR) is 121 cm³/mol. The Labute approximate surface area is 172 Å². The molecule has 3 aromatic rings. The number of pyridine rings is 1. The normalized spacial score (nSPS) is 10.4. The number of rotatable bonds is 8. The van der Waals surface area contributed by atoms with E-state index in [4.69, 9.17) is 0 Å². The first kappa shape index (κ1) is 20.4. The molecule has 2 aromatic carbocycles. The number of nitrogens with one attached hydrogen (secondary N) is 2. The molecule has 3 rings (SSSR count). The van der Waals surface area contributed by atoms with E-state index in [0.29, 0.717) is 12.1 Å². The lowest BCUT2D eigenvalue weighted by Gasteiger charge is -2.22. The Bertz CT molecular complexity index is 935. The molecule has 0 atom stereocenters. The van der Waals surface area contributed by atoms with E-state index in [1.807, 2.05) is 42.5 Å². The molecular formula is C24H28N4O. The molecule has 5 nitrogen and oxygen atoms in total. The van der Waals surface area contributed by atoms with E-state index >= 15 is 0 Å². The van der Waals surface area contributed by atoms with Crippen LogP contribution in [0.25, 0.3) is 0 Å². The number of carbonyl (C=O) groups excluding carboxylic acids is 1. The summed E-state index contributed by atoms with van der Waals surface area (Å²) in [5.41, 5.74) is 5.08. The van der Waals surface area contributed by atoms with Gasteiger partial charge in [0.25, 0.3) is 0 Å². The average molecular weight is 389 g/mol. The minimum Gasteiger partial charge on any atom is -0.372 e. The van der Waals surface area contributed by atoms with Crippen LogP contribution in [0.3, 0.4) is 0 Å². The fourth-order valence-corrected chi connectivity index (χ4v) is 3.24. The molecule has 0 fully saturated rings. The van der Waals surface area contributed by atoms with E-state index < -0.39 is 0 Å². The second-order valence-electron chi connectivity index (χ2n) is 6.94. The average Bonchev–Trinajstić information content (AvgIpc) is 2.73. The highest BCUT2D eigenvalue weighted by molar-refractivity contribution is 5.92. The molecule has 0 saturated carbocycles.